The van der Waals surface area contributed by atoms with Gasteiger partial charge < -0.3 is 10.1 Å². The van der Waals surface area contributed by atoms with Crippen LogP contribution < -0.4 is 10.1 Å². The topological polar surface area (TPSA) is 73.2 Å². The van der Waals surface area contributed by atoms with E-state index in [1.807, 2.05) is 41.2 Å². The van der Waals surface area contributed by atoms with Crippen LogP contribution in [0, 0.1) is 0 Å². The van der Waals surface area contributed by atoms with E-state index in [4.69, 9.17) is 4.74 Å². The van der Waals surface area contributed by atoms with Crippen LogP contribution in [0.5, 0.6) is 5.75 Å². The van der Waals surface area contributed by atoms with E-state index in [2.05, 4.69) is 10.4 Å². The number of methoxy groups -OCH3 is 1. The second-order valence-corrected chi connectivity index (χ2v) is 6.51. The Kier molecular flexibility index (Phi) is 6.22. The number of benzene rings is 2. The molecule has 6 heteroatoms. The summed E-state index contributed by atoms with van der Waals surface area (Å²) in [5, 5.41) is 7.19. The van der Waals surface area contributed by atoms with E-state index in [9.17, 15) is 9.59 Å². The molecule has 0 aliphatic rings. The molecule has 0 aliphatic carbocycles. The highest BCUT2D eigenvalue weighted by Gasteiger charge is 2.12. The highest BCUT2D eigenvalue weighted by atomic mass is 16.5. The highest BCUT2D eigenvalue weighted by Crippen LogP contribution is 2.21. The first-order valence-corrected chi connectivity index (χ1v) is 9.05. The van der Waals surface area contributed by atoms with Crippen molar-refractivity contribution in [2.45, 2.75) is 26.4 Å². The number of hydrogen-bond donors (Lipinski definition) is 1. The summed E-state index contributed by atoms with van der Waals surface area (Å²) >= 11 is 0. The first-order chi connectivity index (χ1) is 13.6. The first kappa shape index (κ1) is 19.4. The van der Waals surface area contributed by atoms with Crippen LogP contribution in [0.25, 0.3) is 0 Å². The second-order valence-electron chi connectivity index (χ2n) is 6.51. The fourth-order valence-electron chi connectivity index (χ4n) is 3.02. The van der Waals surface area contributed by atoms with Crippen molar-refractivity contribution >= 4 is 11.7 Å². The Hall–Kier alpha value is -3.41. The lowest BCUT2D eigenvalue weighted by Crippen LogP contribution is -2.25. The average molecular weight is 377 g/mol. The van der Waals surface area contributed by atoms with Crippen LogP contribution in [-0.2, 0) is 24.3 Å². The average Bonchev–Trinajstić information content (AvgIpc) is 3.20. The summed E-state index contributed by atoms with van der Waals surface area (Å²) in [5.41, 5.74) is 3.39. The van der Waals surface area contributed by atoms with Crippen LogP contribution in [0.3, 0.4) is 0 Å². The first-order valence-electron chi connectivity index (χ1n) is 9.05. The van der Waals surface area contributed by atoms with Crippen molar-refractivity contribution in [2.75, 3.05) is 7.11 Å². The number of ether oxygens (including phenoxy) is 1. The van der Waals surface area contributed by atoms with Gasteiger partial charge in [-0.25, -0.2) is 0 Å². The third-order valence-electron chi connectivity index (χ3n) is 4.52. The van der Waals surface area contributed by atoms with Crippen LogP contribution in [0.15, 0.2) is 60.9 Å². The van der Waals surface area contributed by atoms with Gasteiger partial charge in [0.1, 0.15) is 5.75 Å². The van der Waals surface area contributed by atoms with Gasteiger partial charge >= 0.3 is 0 Å². The molecule has 0 bridgehead atoms. The Labute approximate surface area is 164 Å². The number of carbonyl (C=O) groups excluding carboxylic acids is 2. The zero-order valence-corrected chi connectivity index (χ0v) is 16.0. The second kappa shape index (κ2) is 8.99. The van der Waals surface area contributed by atoms with Crippen molar-refractivity contribution in [1.82, 2.24) is 15.1 Å². The number of nitrogens with one attached hydrogen (secondary N) is 1. The molecular weight excluding hydrogens is 354 g/mol. The predicted molar refractivity (Wildman–Crippen MR) is 106 cm³/mol. The van der Waals surface area contributed by atoms with Crippen LogP contribution in [0.1, 0.15) is 34.0 Å². The van der Waals surface area contributed by atoms with Gasteiger partial charge in [0.05, 0.1) is 20.1 Å². The molecule has 0 unspecified atom stereocenters. The summed E-state index contributed by atoms with van der Waals surface area (Å²) in [6, 6.07) is 15.0. The van der Waals surface area contributed by atoms with E-state index >= 15 is 0 Å². The standard InChI is InChI=1S/C22H23N3O3/c1-16(26)17-8-9-21(28-2)20(12-17)13-22(27)23-14-18-6-3-4-7-19(18)15-25-11-5-10-24-25/h3-12H,13-15H2,1-2H3,(H,23,27). The Balaban J connectivity index is 1.67. The molecule has 1 aromatic heterocycles. The van der Waals surface area contributed by atoms with Crippen molar-refractivity contribution < 1.29 is 14.3 Å². The van der Waals surface area contributed by atoms with E-state index in [1.165, 1.54) is 6.92 Å². The van der Waals surface area contributed by atoms with E-state index in [1.54, 1.807) is 31.5 Å². The lowest BCUT2D eigenvalue weighted by molar-refractivity contribution is -0.120. The van der Waals surface area contributed by atoms with Crippen LogP contribution >= 0.6 is 0 Å². The van der Waals surface area contributed by atoms with Crippen LogP contribution in [-0.4, -0.2) is 28.6 Å². The maximum Gasteiger partial charge on any atom is 0.224 e. The Bertz CT molecular complexity index is 965. The molecule has 28 heavy (non-hydrogen) atoms. The smallest absolute Gasteiger partial charge is 0.224 e. The van der Waals surface area contributed by atoms with E-state index in [-0.39, 0.29) is 18.1 Å². The van der Waals surface area contributed by atoms with Gasteiger partial charge in [-0.05, 0) is 42.3 Å². The molecule has 0 saturated heterocycles. The number of carbonyl (C=O) groups is 2. The SMILES string of the molecule is COc1ccc(C(C)=O)cc1CC(=O)NCc1ccccc1Cn1cccn1. The minimum atomic E-state index is -0.132. The molecular formula is C22H23N3O3. The Morgan fingerprint density at radius 1 is 1.07 bits per heavy atom. The monoisotopic (exact) mass is 377 g/mol. The highest BCUT2D eigenvalue weighted by molar-refractivity contribution is 5.94. The van der Waals surface area contributed by atoms with E-state index in [0.717, 1.165) is 11.1 Å². The zero-order chi connectivity index (χ0) is 19.9. The molecule has 1 heterocycles. The van der Waals surface area contributed by atoms with Crippen molar-refractivity contribution in [3.8, 4) is 5.75 Å². The summed E-state index contributed by atoms with van der Waals surface area (Å²) in [4.78, 5) is 24.1. The Morgan fingerprint density at radius 3 is 2.54 bits per heavy atom. The number of nitrogens with zero attached hydrogens (tertiary/aromatic N) is 2. The molecule has 0 aliphatic heterocycles. The van der Waals surface area contributed by atoms with Gasteiger partial charge in [-0.1, -0.05) is 24.3 Å². The molecule has 0 spiro atoms. The summed E-state index contributed by atoms with van der Waals surface area (Å²) in [7, 11) is 1.55. The van der Waals surface area contributed by atoms with Gasteiger partial charge in [0.15, 0.2) is 5.78 Å². The van der Waals surface area contributed by atoms with Gasteiger partial charge in [0.2, 0.25) is 5.91 Å². The molecule has 0 radical (unpaired) electrons. The maximum absolute atomic E-state index is 12.5. The molecule has 1 N–H and O–H groups in total. The fraction of sp³-hybridized carbons (Fsp3) is 0.227. The number of hydrogen-bond acceptors (Lipinski definition) is 4. The van der Waals surface area contributed by atoms with Gasteiger partial charge in [-0.2, -0.15) is 5.10 Å². The number of aromatic nitrogens is 2. The minimum Gasteiger partial charge on any atom is -0.496 e. The number of amides is 1. The van der Waals surface area contributed by atoms with E-state index < -0.39 is 0 Å². The number of ketones is 1. The molecule has 3 rings (SSSR count). The van der Waals surface area contributed by atoms with Crippen molar-refractivity contribution in [3.63, 3.8) is 0 Å². The predicted octanol–water partition coefficient (Wildman–Crippen LogP) is 3.00. The van der Waals surface area contributed by atoms with Gasteiger partial charge in [-0.3, -0.25) is 14.3 Å². The summed E-state index contributed by atoms with van der Waals surface area (Å²) < 4.78 is 7.17. The molecule has 144 valence electrons. The molecule has 0 fully saturated rings. The molecule has 2 aromatic carbocycles. The molecule has 6 nitrogen and oxygen atoms in total. The van der Waals surface area contributed by atoms with Crippen molar-refractivity contribution in [2.24, 2.45) is 0 Å². The summed E-state index contributed by atoms with van der Waals surface area (Å²) in [6.07, 6.45) is 3.79. The number of rotatable bonds is 8. The molecule has 3 aromatic rings. The van der Waals surface area contributed by atoms with Gasteiger partial charge in [0.25, 0.3) is 0 Å². The van der Waals surface area contributed by atoms with Crippen molar-refractivity contribution in [3.05, 3.63) is 83.2 Å². The normalized spacial score (nSPS) is 10.5. The molecule has 1 amide bonds. The van der Waals surface area contributed by atoms with Crippen LogP contribution in [0.2, 0.25) is 0 Å². The Morgan fingerprint density at radius 2 is 1.86 bits per heavy atom. The molecule has 0 saturated carbocycles. The van der Waals surface area contributed by atoms with Crippen LogP contribution in [0.4, 0.5) is 0 Å². The lowest BCUT2D eigenvalue weighted by Gasteiger charge is -2.13. The zero-order valence-electron chi connectivity index (χ0n) is 16.0. The third kappa shape index (κ3) is 4.85. The van der Waals surface area contributed by atoms with Gasteiger partial charge in [-0.15, -0.1) is 0 Å². The number of Topliss-reactive ketones (excluding diaryl/α,β-unsaturated/α-hetero) is 1. The third-order valence-corrected chi connectivity index (χ3v) is 4.52. The largest absolute Gasteiger partial charge is 0.496 e. The van der Waals surface area contributed by atoms with Crippen molar-refractivity contribution in [1.29, 1.82) is 0 Å². The fourth-order valence-corrected chi connectivity index (χ4v) is 3.02. The minimum absolute atomic E-state index is 0.0446. The lowest BCUT2D eigenvalue weighted by atomic mass is 10.0. The molecule has 0 atom stereocenters. The van der Waals surface area contributed by atoms with Gasteiger partial charge in [0, 0.05) is 30.1 Å². The summed E-state index contributed by atoms with van der Waals surface area (Å²) in [6.45, 7) is 2.57. The maximum atomic E-state index is 12.5. The summed E-state index contributed by atoms with van der Waals surface area (Å²) in [5.74, 6) is 0.420. The van der Waals surface area contributed by atoms with E-state index in [0.29, 0.717) is 30.0 Å². The quantitative estimate of drug-likeness (QED) is 0.613.